The van der Waals surface area contributed by atoms with E-state index in [0.29, 0.717) is 10.8 Å². The van der Waals surface area contributed by atoms with E-state index in [2.05, 4.69) is 58.8 Å². The van der Waals surface area contributed by atoms with Gasteiger partial charge in [-0.1, -0.05) is 41.5 Å². The first-order valence-corrected chi connectivity index (χ1v) is 7.11. The van der Waals surface area contributed by atoms with Gasteiger partial charge in [-0.05, 0) is 52.7 Å². The van der Waals surface area contributed by atoms with Crippen LogP contribution in [0, 0.1) is 22.7 Å². The summed E-state index contributed by atoms with van der Waals surface area (Å²) in [5.74, 6) is 1.50. The summed E-state index contributed by atoms with van der Waals surface area (Å²) in [4.78, 5) is 4.30. The Morgan fingerprint density at radius 3 is 1.89 bits per heavy atom. The lowest BCUT2D eigenvalue weighted by atomic mass is 9.58. The largest absolute Gasteiger partial charge is 0.264 e. The van der Waals surface area contributed by atoms with Gasteiger partial charge in [-0.3, -0.25) is 4.98 Å². The minimum atomic E-state index is 0.367. The Morgan fingerprint density at radius 2 is 1.39 bits per heavy atom. The van der Waals surface area contributed by atoms with Gasteiger partial charge in [0.15, 0.2) is 0 Å². The van der Waals surface area contributed by atoms with Gasteiger partial charge >= 0.3 is 0 Å². The predicted molar refractivity (Wildman–Crippen MR) is 77.5 cm³/mol. The van der Waals surface area contributed by atoms with Crippen molar-refractivity contribution in [2.75, 3.05) is 0 Å². The Kier molecular flexibility index (Phi) is 3.29. The standard InChI is InChI=1S/C17H27N/c1-16(2,3)14-9-12-7-8-18-11-13(12)10-15(14)17(4,5)6/h7-8,11,14-15H,9-10H2,1-6H3. The Balaban J connectivity index is 2.40. The fourth-order valence-electron chi connectivity index (χ4n) is 3.42. The quantitative estimate of drug-likeness (QED) is 0.655. The van der Waals surface area contributed by atoms with Crippen LogP contribution in [0.25, 0.3) is 0 Å². The Labute approximate surface area is 112 Å². The van der Waals surface area contributed by atoms with Gasteiger partial charge in [0, 0.05) is 12.4 Å². The summed E-state index contributed by atoms with van der Waals surface area (Å²) in [7, 11) is 0. The molecule has 1 aliphatic rings. The monoisotopic (exact) mass is 245 g/mol. The predicted octanol–water partition coefficient (Wildman–Crippen LogP) is 4.50. The number of rotatable bonds is 0. The van der Waals surface area contributed by atoms with E-state index < -0.39 is 0 Å². The van der Waals surface area contributed by atoms with E-state index in [1.165, 1.54) is 24.0 Å². The first-order chi connectivity index (χ1) is 8.19. The first kappa shape index (κ1) is 13.6. The van der Waals surface area contributed by atoms with Crippen LogP contribution >= 0.6 is 0 Å². The van der Waals surface area contributed by atoms with Crippen LogP contribution in [0.2, 0.25) is 0 Å². The molecule has 1 heterocycles. The fourth-order valence-corrected chi connectivity index (χ4v) is 3.42. The van der Waals surface area contributed by atoms with Crippen LogP contribution in [0.15, 0.2) is 18.5 Å². The minimum absolute atomic E-state index is 0.367. The molecule has 0 spiro atoms. The molecule has 0 radical (unpaired) electrons. The molecule has 0 aliphatic heterocycles. The number of aromatic nitrogens is 1. The number of hydrogen-bond donors (Lipinski definition) is 0. The van der Waals surface area contributed by atoms with E-state index in [1.54, 1.807) is 0 Å². The average molecular weight is 245 g/mol. The zero-order valence-electron chi connectivity index (χ0n) is 12.7. The average Bonchev–Trinajstić information content (AvgIpc) is 2.25. The zero-order valence-corrected chi connectivity index (χ0v) is 12.7. The van der Waals surface area contributed by atoms with Crippen molar-refractivity contribution >= 4 is 0 Å². The van der Waals surface area contributed by atoms with Gasteiger partial charge in [0.2, 0.25) is 0 Å². The van der Waals surface area contributed by atoms with Crippen LogP contribution < -0.4 is 0 Å². The third-order valence-corrected chi connectivity index (χ3v) is 4.59. The van der Waals surface area contributed by atoms with Crippen molar-refractivity contribution < 1.29 is 0 Å². The highest BCUT2D eigenvalue weighted by Crippen LogP contribution is 2.47. The highest BCUT2D eigenvalue weighted by Gasteiger charge is 2.41. The lowest BCUT2D eigenvalue weighted by Crippen LogP contribution is -2.41. The number of fused-ring (bicyclic) bond motifs is 1. The van der Waals surface area contributed by atoms with Crippen molar-refractivity contribution in [1.29, 1.82) is 0 Å². The van der Waals surface area contributed by atoms with Gasteiger partial charge in [-0.15, -0.1) is 0 Å². The molecule has 0 amide bonds. The molecular formula is C17H27N. The number of nitrogens with zero attached hydrogens (tertiary/aromatic N) is 1. The van der Waals surface area contributed by atoms with E-state index >= 15 is 0 Å². The Hall–Kier alpha value is -0.850. The summed E-state index contributed by atoms with van der Waals surface area (Å²) in [6.07, 6.45) is 6.42. The lowest BCUT2D eigenvalue weighted by molar-refractivity contribution is 0.0625. The molecule has 0 aromatic carbocycles. The molecule has 0 bridgehead atoms. The molecule has 1 aliphatic carbocycles. The van der Waals surface area contributed by atoms with Crippen molar-refractivity contribution in [2.24, 2.45) is 22.7 Å². The molecule has 2 unspecified atom stereocenters. The molecule has 0 N–H and O–H groups in total. The minimum Gasteiger partial charge on any atom is -0.264 e. The molecule has 18 heavy (non-hydrogen) atoms. The number of pyridine rings is 1. The van der Waals surface area contributed by atoms with Crippen molar-refractivity contribution in [2.45, 2.75) is 54.4 Å². The molecule has 2 rings (SSSR count). The van der Waals surface area contributed by atoms with Crippen LogP contribution in [0.3, 0.4) is 0 Å². The van der Waals surface area contributed by atoms with Crippen LogP contribution in [0.5, 0.6) is 0 Å². The third kappa shape index (κ3) is 2.60. The van der Waals surface area contributed by atoms with Crippen LogP contribution in [-0.2, 0) is 12.8 Å². The van der Waals surface area contributed by atoms with Gasteiger partial charge in [-0.2, -0.15) is 0 Å². The van der Waals surface area contributed by atoms with Crippen LogP contribution in [0.1, 0.15) is 52.7 Å². The SMILES string of the molecule is CC(C)(C)C1Cc2ccncc2CC1C(C)(C)C. The van der Waals surface area contributed by atoms with Gasteiger partial charge < -0.3 is 0 Å². The third-order valence-electron chi connectivity index (χ3n) is 4.59. The number of hydrogen-bond acceptors (Lipinski definition) is 1. The maximum atomic E-state index is 4.30. The van der Waals surface area contributed by atoms with Crippen molar-refractivity contribution in [3.8, 4) is 0 Å². The fraction of sp³-hybridized carbons (Fsp3) is 0.706. The van der Waals surface area contributed by atoms with E-state index in [4.69, 9.17) is 0 Å². The normalized spacial score (nSPS) is 24.8. The van der Waals surface area contributed by atoms with E-state index in [-0.39, 0.29) is 0 Å². The summed E-state index contributed by atoms with van der Waals surface area (Å²) >= 11 is 0. The molecular weight excluding hydrogens is 218 g/mol. The molecule has 1 heteroatoms. The molecule has 0 fully saturated rings. The van der Waals surface area contributed by atoms with Gasteiger partial charge in [0.25, 0.3) is 0 Å². The molecule has 1 nitrogen and oxygen atoms in total. The van der Waals surface area contributed by atoms with Crippen molar-refractivity contribution in [3.05, 3.63) is 29.6 Å². The van der Waals surface area contributed by atoms with Crippen molar-refractivity contribution in [3.63, 3.8) is 0 Å². The van der Waals surface area contributed by atoms with Crippen molar-refractivity contribution in [1.82, 2.24) is 4.98 Å². The zero-order chi connectivity index (χ0) is 13.6. The molecule has 100 valence electrons. The molecule has 0 saturated heterocycles. The second kappa shape index (κ2) is 4.36. The van der Waals surface area contributed by atoms with Gasteiger partial charge in [0.05, 0.1) is 0 Å². The van der Waals surface area contributed by atoms with Gasteiger partial charge in [0.1, 0.15) is 0 Å². The summed E-state index contributed by atoms with van der Waals surface area (Å²) < 4.78 is 0. The van der Waals surface area contributed by atoms with Gasteiger partial charge in [-0.25, -0.2) is 0 Å². The van der Waals surface area contributed by atoms with E-state index in [0.717, 1.165) is 11.8 Å². The highest BCUT2D eigenvalue weighted by atomic mass is 14.6. The molecule has 1 aromatic rings. The summed E-state index contributed by atoms with van der Waals surface area (Å²) in [5, 5.41) is 0. The molecule has 2 atom stereocenters. The summed E-state index contributed by atoms with van der Waals surface area (Å²) in [6, 6.07) is 2.22. The molecule has 1 aromatic heterocycles. The second-order valence-corrected chi connectivity index (χ2v) is 8.00. The second-order valence-electron chi connectivity index (χ2n) is 8.00. The summed E-state index contributed by atoms with van der Waals surface area (Å²) in [6.45, 7) is 14.3. The lowest BCUT2D eigenvalue weighted by Gasteiger charge is -2.47. The molecule has 0 saturated carbocycles. The van der Waals surface area contributed by atoms with E-state index in [1.807, 2.05) is 6.20 Å². The maximum absolute atomic E-state index is 4.30. The van der Waals surface area contributed by atoms with Crippen LogP contribution in [-0.4, -0.2) is 4.98 Å². The topological polar surface area (TPSA) is 12.9 Å². The highest BCUT2D eigenvalue weighted by molar-refractivity contribution is 5.28. The Bertz CT molecular complexity index is 379. The van der Waals surface area contributed by atoms with Crippen LogP contribution in [0.4, 0.5) is 0 Å². The summed E-state index contributed by atoms with van der Waals surface area (Å²) in [5.41, 5.74) is 3.73. The first-order valence-electron chi connectivity index (χ1n) is 7.11. The maximum Gasteiger partial charge on any atom is 0.0302 e. The Morgan fingerprint density at radius 1 is 0.889 bits per heavy atom. The smallest absolute Gasteiger partial charge is 0.0302 e. The van der Waals surface area contributed by atoms with E-state index in [9.17, 15) is 0 Å².